The van der Waals surface area contributed by atoms with Crippen LogP contribution >= 0.6 is 0 Å². The predicted molar refractivity (Wildman–Crippen MR) is 250 cm³/mol. The number of piperidine rings is 1. The van der Waals surface area contributed by atoms with E-state index in [0.29, 0.717) is 31.6 Å². The van der Waals surface area contributed by atoms with Crippen LogP contribution in [0.2, 0.25) is 11.4 Å². The van der Waals surface area contributed by atoms with Gasteiger partial charge in [-0.1, -0.05) is 123 Å². The van der Waals surface area contributed by atoms with Crippen LogP contribution in [0.4, 0.5) is 0 Å². The number of aryl methyl sites for hydroxylation is 2. The Labute approximate surface area is 369 Å². The number of fused-ring (bicyclic) bond motifs is 3. The molecule has 0 unspecified atom stereocenters. The van der Waals surface area contributed by atoms with E-state index in [1.807, 2.05) is 44.2 Å². The first kappa shape index (κ1) is 44.0. The number of phenols is 1. The molecule has 4 aliphatic rings. The number of aromatic hydroxyl groups is 1. The molecule has 2 N–H and O–H groups in total. The summed E-state index contributed by atoms with van der Waals surface area (Å²) in [5.41, 5.74) is 7.18. The molecule has 0 spiro atoms. The van der Waals surface area contributed by atoms with E-state index in [1.165, 1.54) is 15.9 Å². The number of carbonyl (C=O) groups is 2. The highest BCUT2D eigenvalue weighted by Crippen LogP contribution is 2.52. The summed E-state index contributed by atoms with van der Waals surface area (Å²) in [4.78, 5) is 33.7. The van der Waals surface area contributed by atoms with Crippen molar-refractivity contribution in [1.29, 1.82) is 0 Å². The minimum atomic E-state index is -2.98. The smallest absolute Gasteiger partial charge is 0.455 e. The summed E-state index contributed by atoms with van der Waals surface area (Å²) in [6.07, 6.45) is 5.19. The third kappa shape index (κ3) is 8.69. The molecule has 3 saturated heterocycles. The molecule has 4 aromatic rings. The Morgan fingerprint density at radius 2 is 1.45 bits per heavy atom. The molecule has 0 radical (unpaired) electrons. The lowest BCUT2D eigenvalue weighted by atomic mass is 9.58. The van der Waals surface area contributed by atoms with Crippen molar-refractivity contribution in [2.24, 2.45) is 17.8 Å². The molecule has 324 valence electrons. The number of phenolic OH excluding ortho intramolecular Hbond substituents is 1. The van der Waals surface area contributed by atoms with Crippen molar-refractivity contribution in [3.8, 4) is 5.75 Å². The molecule has 1 aliphatic carbocycles. The molecule has 2 amide bonds. The number of hydrogen-bond donors (Lipinski definition) is 2. The lowest BCUT2D eigenvalue weighted by Gasteiger charge is -2.46. The fraction of sp³-hybridized carbons (Fsp3) is 0.423. The van der Waals surface area contributed by atoms with Gasteiger partial charge < -0.3 is 19.2 Å². The molecule has 3 fully saturated rings. The van der Waals surface area contributed by atoms with Crippen LogP contribution in [0, 0.1) is 31.6 Å². The van der Waals surface area contributed by atoms with Crippen molar-refractivity contribution in [3.63, 3.8) is 0 Å². The van der Waals surface area contributed by atoms with Gasteiger partial charge in [0.2, 0.25) is 11.8 Å². The third-order valence-electron chi connectivity index (χ3n) is 14.1. The number of imide groups is 1. The number of rotatable bonds is 12. The minimum Gasteiger partial charge on any atom is -0.507 e. The molecule has 3 heterocycles. The summed E-state index contributed by atoms with van der Waals surface area (Å²) in [5, 5.41) is 24.0. The molecule has 4 atom stereocenters. The molecule has 0 aromatic heterocycles. The quantitative estimate of drug-likeness (QED) is 0.0843. The molecule has 0 saturated carbocycles. The van der Waals surface area contributed by atoms with Gasteiger partial charge in [-0.15, -0.1) is 0 Å². The van der Waals surface area contributed by atoms with Crippen LogP contribution in [-0.2, 0) is 25.2 Å². The largest absolute Gasteiger partial charge is 0.507 e. The molecule has 62 heavy (non-hydrogen) atoms. The summed E-state index contributed by atoms with van der Waals surface area (Å²) in [6, 6.07) is 35.5. The highest BCUT2D eigenvalue weighted by Gasteiger charge is 2.59. The number of hydrogen-bond acceptors (Lipinski definition) is 7. The van der Waals surface area contributed by atoms with Gasteiger partial charge in [-0.25, -0.2) is 0 Å². The van der Waals surface area contributed by atoms with Gasteiger partial charge in [0.05, 0.1) is 24.5 Å². The average molecular weight is 851 g/mol. The standard InChI is InChI=1S/C52H63BN2O6Si/c1-35(28-39-29-36(2)49(56)37(3)30-39)22-23-46-47-40(34-60-62(52(4,5)6,42-18-12-8-13-19-42)43-20-14-9-15-21-43)31-44-48(45(47)32-53(59)61-46)51(58)55(50(44)57)41-24-26-54(27-25-41)33-38-16-10-7-11-17-38/h7-21,28-30,41,44-46,48,56,59H,22-27,31-34H2,1-6H3/b35-28+/t44-,45+,46-,48-/m1/s1. The molecular formula is C52H63BN2O6Si. The molecule has 8 rings (SSSR count). The van der Waals surface area contributed by atoms with Gasteiger partial charge in [0.25, 0.3) is 8.32 Å². The minimum absolute atomic E-state index is 0.0701. The van der Waals surface area contributed by atoms with Crippen LogP contribution in [0.25, 0.3) is 6.08 Å². The molecule has 4 aromatic carbocycles. The predicted octanol–water partition coefficient (Wildman–Crippen LogP) is 8.23. The fourth-order valence-corrected chi connectivity index (χ4v) is 15.7. The summed E-state index contributed by atoms with van der Waals surface area (Å²) in [5.74, 6) is -1.23. The van der Waals surface area contributed by atoms with E-state index in [-0.39, 0.29) is 35.1 Å². The van der Waals surface area contributed by atoms with E-state index in [0.717, 1.165) is 65.9 Å². The number of nitrogens with zero attached hydrogens (tertiary/aromatic N) is 2. The van der Waals surface area contributed by atoms with Crippen molar-refractivity contribution in [2.75, 3.05) is 19.7 Å². The first-order valence-corrected chi connectivity index (χ1v) is 24.6. The summed E-state index contributed by atoms with van der Waals surface area (Å²) < 4.78 is 14.1. The molecule has 3 aliphatic heterocycles. The van der Waals surface area contributed by atoms with Gasteiger partial charge in [-0.3, -0.25) is 19.4 Å². The second-order valence-electron chi connectivity index (χ2n) is 19.3. The van der Waals surface area contributed by atoms with E-state index in [2.05, 4.69) is 111 Å². The number of carbonyl (C=O) groups excluding carboxylic acids is 2. The van der Waals surface area contributed by atoms with Crippen LogP contribution in [-0.4, -0.2) is 79.0 Å². The first-order valence-electron chi connectivity index (χ1n) is 22.7. The summed E-state index contributed by atoms with van der Waals surface area (Å²) >= 11 is 0. The van der Waals surface area contributed by atoms with Gasteiger partial charge in [-0.05, 0) is 126 Å². The van der Waals surface area contributed by atoms with Crippen molar-refractivity contribution in [1.82, 2.24) is 9.80 Å². The molecular weight excluding hydrogens is 787 g/mol. The van der Waals surface area contributed by atoms with Gasteiger partial charge >= 0.3 is 7.12 Å². The Hall–Kier alpha value is -4.58. The monoisotopic (exact) mass is 850 g/mol. The van der Waals surface area contributed by atoms with E-state index < -0.39 is 33.4 Å². The Kier molecular flexibility index (Phi) is 13.0. The summed E-state index contributed by atoms with van der Waals surface area (Å²) in [7, 11) is -4.04. The van der Waals surface area contributed by atoms with Gasteiger partial charge in [0, 0.05) is 25.7 Å². The average Bonchev–Trinajstić information content (AvgIpc) is 3.51. The van der Waals surface area contributed by atoms with Crippen LogP contribution < -0.4 is 10.4 Å². The zero-order valence-corrected chi connectivity index (χ0v) is 38.3. The van der Waals surface area contributed by atoms with Crippen molar-refractivity contribution < 1.29 is 28.8 Å². The third-order valence-corrected chi connectivity index (χ3v) is 19.1. The number of likely N-dealkylation sites (tertiary alicyclic amines) is 2. The molecule has 10 heteroatoms. The number of amides is 2. The number of benzene rings is 4. The van der Waals surface area contributed by atoms with Crippen molar-refractivity contribution in [3.05, 3.63) is 142 Å². The Morgan fingerprint density at radius 1 is 0.871 bits per heavy atom. The first-order chi connectivity index (χ1) is 29.7. The molecule has 8 nitrogen and oxygen atoms in total. The van der Waals surface area contributed by atoms with Gasteiger partial charge in [-0.2, -0.15) is 0 Å². The zero-order valence-electron chi connectivity index (χ0n) is 37.3. The molecule has 0 bridgehead atoms. The van der Waals surface area contributed by atoms with E-state index in [9.17, 15) is 19.7 Å². The van der Waals surface area contributed by atoms with E-state index in [4.69, 9.17) is 9.08 Å². The van der Waals surface area contributed by atoms with Gasteiger partial charge in [0.1, 0.15) is 5.75 Å². The van der Waals surface area contributed by atoms with Crippen LogP contribution in [0.1, 0.15) is 82.1 Å². The Balaban J connectivity index is 1.13. The topological polar surface area (TPSA) is 99.5 Å². The fourth-order valence-electron chi connectivity index (χ4n) is 11.2. The highest BCUT2D eigenvalue weighted by molar-refractivity contribution is 6.99. The van der Waals surface area contributed by atoms with Crippen LogP contribution in [0.15, 0.2) is 120 Å². The van der Waals surface area contributed by atoms with Crippen molar-refractivity contribution in [2.45, 2.75) is 104 Å². The maximum Gasteiger partial charge on any atom is 0.455 e. The van der Waals surface area contributed by atoms with E-state index >= 15 is 0 Å². The van der Waals surface area contributed by atoms with Crippen LogP contribution in [0.5, 0.6) is 5.75 Å². The van der Waals surface area contributed by atoms with E-state index in [1.54, 1.807) is 4.90 Å². The van der Waals surface area contributed by atoms with Crippen molar-refractivity contribution >= 4 is 43.7 Å². The maximum absolute atomic E-state index is 14.9. The normalized spacial score (nSPS) is 22.9. The second-order valence-corrected chi connectivity index (χ2v) is 23.6. The van der Waals surface area contributed by atoms with Gasteiger partial charge in [0.15, 0.2) is 0 Å². The lowest BCUT2D eigenvalue weighted by Crippen LogP contribution is -2.66. The maximum atomic E-state index is 14.9. The number of allylic oxidation sites excluding steroid dienone is 1. The lowest BCUT2D eigenvalue weighted by molar-refractivity contribution is -0.144. The summed E-state index contributed by atoms with van der Waals surface area (Å²) in [6.45, 7) is 15.5. The second kappa shape index (κ2) is 18.3. The zero-order chi connectivity index (χ0) is 43.8. The highest BCUT2D eigenvalue weighted by atomic mass is 28.4. The van der Waals surface area contributed by atoms with Crippen LogP contribution in [0.3, 0.4) is 0 Å². The Bertz CT molecular complexity index is 2240. The SMILES string of the molecule is C/C(=C\c1cc(C)c(O)c(C)c1)CC[C@H]1OB(O)C[C@H]2C1=C(CO[Si](c1ccccc1)(c1ccccc1)C(C)(C)C)C[C@H]1C(=O)N(C3CCN(Cc4ccccc4)CC3)C(=O)[C@H]12. The Morgan fingerprint density at radius 3 is 2.03 bits per heavy atom.